The quantitative estimate of drug-likeness (QED) is 0.902. The van der Waals surface area contributed by atoms with Gasteiger partial charge in [-0.3, -0.25) is 0 Å². The van der Waals surface area contributed by atoms with Crippen LogP contribution in [0.25, 0.3) is 0 Å². The highest BCUT2D eigenvalue weighted by Crippen LogP contribution is 2.43. The van der Waals surface area contributed by atoms with E-state index in [1.165, 1.54) is 0 Å². The Morgan fingerprint density at radius 1 is 1.38 bits per heavy atom. The van der Waals surface area contributed by atoms with Gasteiger partial charge in [0, 0.05) is 18.5 Å². The number of hydrogen-bond donors (Lipinski definition) is 1. The number of benzene rings is 1. The van der Waals surface area contributed by atoms with E-state index in [0.717, 1.165) is 5.56 Å². The molecule has 0 bridgehead atoms. The summed E-state index contributed by atoms with van der Waals surface area (Å²) in [6, 6.07) is 9.65. The average molecular weight is 291 g/mol. The summed E-state index contributed by atoms with van der Waals surface area (Å²) in [4.78, 5) is 13.9. The molecule has 3 rings (SSSR count). The lowest BCUT2D eigenvalue weighted by molar-refractivity contribution is -0.0765. The van der Waals surface area contributed by atoms with Crippen LogP contribution in [0.2, 0.25) is 0 Å². The molecule has 0 radical (unpaired) electrons. The van der Waals surface area contributed by atoms with Crippen LogP contribution in [0.3, 0.4) is 0 Å². The normalized spacial score (nSPS) is 28.8. The molecular formula is C16H21NO4. The molecule has 1 aromatic rings. The van der Waals surface area contributed by atoms with Crippen molar-refractivity contribution in [3.63, 3.8) is 0 Å². The Hall–Kier alpha value is -1.59. The summed E-state index contributed by atoms with van der Waals surface area (Å²) in [5.41, 5.74) is 0.896. The fourth-order valence-electron chi connectivity index (χ4n) is 3.15. The predicted octanol–water partition coefficient (Wildman–Crippen LogP) is 1.80. The second-order valence-corrected chi connectivity index (χ2v) is 6.08. The van der Waals surface area contributed by atoms with Crippen molar-refractivity contribution < 1.29 is 19.4 Å². The van der Waals surface area contributed by atoms with Crippen LogP contribution < -0.4 is 0 Å². The number of ether oxygens (including phenoxy) is 2. The second-order valence-electron chi connectivity index (χ2n) is 6.08. The molecule has 0 unspecified atom stereocenters. The van der Waals surface area contributed by atoms with E-state index in [2.05, 4.69) is 0 Å². The number of carbonyl (C=O) groups excluding carboxylic acids is 1. The Bertz CT molecular complexity index is 484. The summed E-state index contributed by atoms with van der Waals surface area (Å²) in [5, 5.41) is 9.54. The third-order valence-corrected chi connectivity index (χ3v) is 4.24. The Kier molecular flexibility index (Phi) is 4.12. The summed E-state index contributed by atoms with van der Waals surface area (Å²) >= 11 is 0. The lowest BCUT2D eigenvalue weighted by Gasteiger charge is -2.45. The molecule has 21 heavy (non-hydrogen) atoms. The molecular weight excluding hydrogens is 270 g/mol. The maximum Gasteiger partial charge on any atom is 0.410 e. The van der Waals surface area contributed by atoms with E-state index in [-0.39, 0.29) is 24.2 Å². The van der Waals surface area contributed by atoms with Gasteiger partial charge >= 0.3 is 6.09 Å². The standard InChI is InChI=1S/C16H21NO4/c18-14-8-16(9-14)11-17(6-7-20-12-16)15(19)21-10-13-4-2-1-3-5-13/h1-5,14,18H,6-12H2. The molecule has 1 saturated heterocycles. The van der Waals surface area contributed by atoms with Gasteiger partial charge in [0.15, 0.2) is 0 Å². The van der Waals surface area contributed by atoms with E-state index in [1.807, 2.05) is 30.3 Å². The smallest absolute Gasteiger partial charge is 0.410 e. The van der Waals surface area contributed by atoms with Gasteiger partial charge in [-0.25, -0.2) is 4.79 Å². The van der Waals surface area contributed by atoms with Gasteiger partial charge in [-0.2, -0.15) is 0 Å². The van der Waals surface area contributed by atoms with Crippen molar-refractivity contribution in [2.45, 2.75) is 25.6 Å². The minimum atomic E-state index is -0.301. The summed E-state index contributed by atoms with van der Waals surface area (Å²) in [6.07, 6.45) is 0.851. The van der Waals surface area contributed by atoms with Crippen LogP contribution in [0.1, 0.15) is 18.4 Å². The Morgan fingerprint density at radius 2 is 2.14 bits per heavy atom. The van der Waals surface area contributed by atoms with Crippen LogP contribution >= 0.6 is 0 Å². The molecule has 1 aromatic carbocycles. The molecule has 2 aliphatic rings. The first kappa shape index (κ1) is 14.4. The van der Waals surface area contributed by atoms with Crippen LogP contribution in [-0.2, 0) is 16.1 Å². The minimum Gasteiger partial charge on any atom is -0.445 e. The zero-order valence-electron chi connectivity index (χ0n) is 12.0. The molecule has 5 heteroatoms. The highest BCUT2D eigenvalue weighted by atomic mass is 16.6. The largest absolute Gasteiger partial charge is 0.445 e. The summed E-state index contributed by atoms with van der Waals surface area (Å²) in [5.74, 6) is 0. The van der Waals surface area contributed by atoms with Gasteiger partial charge in [0.25, 0.3) is 0 Å². The lowest BCUT2D eigenvalue weighted by Crippen LogP contribution is -2.51. The third-order valence-electron chi connectivity index (χ3n) is 4.24. The molecule has 5 nitrogen and oxygen atoms in total. The number of aliphatic hydroxyl groups is 1. The van der Waals surface area contributed by atoms with Crippen molar-refractivity contribution >= 4 is 6.09 Å². The number of amides is 1. The number of hydrogen-bond acceptors (Lipinski definition) is 4. The van der Waals surface area contributed by atoms with Crippen LogP contribution in [0, 0.1) is 5.41 Å². The molecule has 1 saturated carbocycles. The van der Waals surface area contributed by atoms with Crippen LogP contribution in [0.5, 0.6) is 0 Å². The zero-order chi connectivity index (χ0) is 14.7. The van der Waals surface area contributed by atoms with Crippen molar-refractivity contribution in [2.24, 2.45) is 5.41 Å². The average Bonchev–Trinajstić information content (AvgIpc) is 2.69. The van der Waals surface area contributed by atoms with Gasteiger partial charge in [-0.05, 0) is 18.4 Å². The Morgan fingerprint density at radius 3 is 2.86 bits per heavy atom. The summed E-state index contributed by atoms with van der Waals surface area (Å²) in [7, 11) is 0. The van der Waals surface area contributed by atoms with Gasteiger partial charge in [-0.1, -0.05) is 30.3 Å². The van der Waals surface area contributed by atoms with E-state index < -0.39 is 0 Å². The first-order valence-corrected chi connectivity index (χ1v) is 7.38. The highest BCUT2D eigenvalue weighted by Gasteiger charge is 2.46. The molecule has 1 heterocycles. The number of nitrogens with zero attached hydrogens (tertiary/aromatic N) is 1. The van der Waals surface area contributed by atoms with Crippen molar-refractivity contribution in [3.05, 3.63) is 35.9 Å². The van der Waals surface area contributed by atoms with Gasteiger partial charge in [0.05, 0.1) is 19.3 Å². The first-order valence-electron chi connectivity index (χ1n) is 7.38. The molecule has 1 N–H and O–H groups in total. The second kappa shape index (κ2) is 6.03. The highest BCUT2D eigenvalue weighted by molar-refractivity contribution is 5.67. The summed E-state index contributed by atoms with van der Waals surface area (Å²) < 4.78 is 11.0. The number of aliphatic hydroxyl groups excluding tert-OH is 1. The predicted molar refractivity (Wildman–Crippen MR) is 76.7 cm³/mol. The molecule has 1 amide bonds. The Labute approximate surface area is 124 Å². The van der Waals surface area contributed by atoms with Gasteiger partial charge in [-0.15, -0.1) is 0 Å². The number of carbonyl (C=O) groups is 1. The molecule has 114 valence electrons. The molecule has 0 aromatic heterocycles. The van der Waals surface area contributed by atoms with Crippen molar-refractivity contribution in [3.8, 4) is 0 Å². The molecule has 1 spiro atoms. The first-order chi connectivity index (χ1) is 10.2. The van der Waals surface area contributed by atoms with Crippen molar-refractivity contribution in [2.75, 3.05) is 26.3 Å². The molecule has 1 aliphatic carbocycles. The molecule has 1 aliphatic heterocycles. The fraction of sp³-hybridized carbons (Fsp3) is 0.562. The minimum absolute atomic E-state index is 0.0817. The maximum atomic E-state index is 12.2. The zero-order valence-corrected chi connectivity index (χ0v) is 12.0. The topological polar surface area (TPSA) is 59.0 Å². The van der Waals surface area contributed by atoms with E-state index in [1.54, 1.807) is 4.90 Å². The van der Waals surface area contributed by atoms with Crippen LogP contribution in [-0.4, -0.2) is 48.5 Å². The van der Waals surface area contributed by atoms with Crippen molar-refractivity contribution in [1.82, 2.24) is 4.90 Å². The van der Waals surface area contributed by atoms with E-state index in [4.69, 9.17) is 9.47 Å². The van der Waals surface area contributed by atoms with Crippen LogP contribution in [0.4, 0.5) is 4.79 Å². The molecule has 0 atom stereocenters. The maximum absolute atomic E-state index is 12.2. The van der Waals surface area contributed by atoms with Crippen molar-refractivity contribution in [1.29, 1.82) is 0 Å². The van der Waals surface area contributed by atoms with Crippen LogP contribution in [0.15, 0.2) is 30.3 Å². The molecule has 2 fully saturated rings. The van der Waals surface area contributed by atoms with E-state index >= 15 is 0 Å². The lowest BCUT2D eigenvalue weighted by atomic mass is 9.67. The van der Waals surface area contributed by atoms with Gasteiger partial charge < -0.3 is 19.5 Å². The van der Waals surface area contributed by atoms with Gasteiger partial charge in [0.2, 0.25) is 0 Å². The van der Waals surface area contributed by atoms with E-state index in [9.17, 15) is 9.90 Å². The van der Waals surface area contributed by atoms with E-state index in [0.29, 0.717) is 39.1 Å². The summed E-state index contributed by atoms with van der Waals surface area (Å²) in [6.45, 7) is 2.58. The fourth-order valence-corrected chi connectivity index (χ4v) is 3.15. The SMILES string of the molecule is O=C(OCc1ccccc1)N1CCOCC2(CC(O)C2)C1. The third kappa shape index (κ3) is 3.36. The van der Waals surface area contributed by atoms with Gasteiger partial charge in [0.1, 0.15) is 6.61 Å². The number of rotatable bonds is 2. The monoisotopic (exact) mass is 291 g/mol. The Balaban J connectivity index is 1.56.